The summed E-state index contributed by atoms with van der Waals surface area (Å²) in [4.78, 5) is 11.5. The maximum absolute atomic E-state index is 11.5. The summed E-state index contributed by atoms with van der Waals surface area (Å²) in [6.07, 6.45) is 2.81. The third-order valence-corrected chi connectivity index (χ3v) is 3.54. The van der Waals surface area contributed by atoms with Crippen LogP contribution in [0.5, 0.6) is 0 Å². The highest BCUT2D eigenvalue weighted by Crippen LogP contribution is 2.19. The summed E-state index contributed by atoms with van der Waals surface area (Å²) in [7, 11) is 0. The molecule has 3 nitrogen and oxygen atoms in total. The summed E-state index contributed by atoms with van der Waals surface area (Å²) < 4.78 is 0.109. The van der Waals surface area contributed by atoms with Crippen molar-refractivity contribution in [2.45, 2.75) is 31.9 Å². The smallest absolute Gasteiger partial charge is 0.222 e. The lowest BCUT2D eigenvalue weighted by Gasteiger charge is -2.23. The first-order valence-electron chi connectivity index (χ1n) is 4.96. The van der Waals surface area contributed by atoms with E-state index in [0.717, 1.165) is 6.42 Å². The molecule has 1 unspecified atom stereocenters. The van der Waals surface area contributed by atoms with Crippen LogP contribution >= 0.6 is 11.8 Å². The molecular formula is C10H22N2OS. The molecule has 0 aliphatic heterocycles. The Balaban J connectivity index is 3.84. The number of thioether (sulfide) groups is 1. The zero-order valence-electron chi connectivity index (χ0n) is 9.59. The molecule has 14 heavy (non-hydrogen) atoms. The topological polar surface area (TPSA) is 55.1 Å². The molecule has 0 spiro atoms. The zero-order valence-corrected chi connectivity index (χ0v) is 10.4. The van der Waals surface area contributed by atoms with Gasteiger partial charge in [0, 0.05) is 17.2 Å². The maximum Gasteiger partial charge on any atom is 0.222 e. The normalized spacial score (nSPS) is 13.8. The fraction of sp³-hybridized carbons (Fsp3) is 0.900. The molecule has 1 amide bonds. The van der Waals surface area contributed by atoms with Crippen molar-refractivity contribution >= 4 is 17.7 Å². The van der Waals surface area contributed by atoms with Gasteiger partial charge in [-0.05, 0) is 33.1 Å². The number of nitrogens with one attached hydrogen (secondary N) is 1. The zero-order chi connectivity index (χ0) is 11.2. The molecule has 0 aromatic heterocycles. The van der Waals surface area contributed by atoms with E-state index in [4.69, 9.17) is 5.73 Å². The van der Waals surface area contributed by atoms with Crippen LogP contribution in [0.1, 0.15) is 27.2 Å². The summed E-state index contributed by atoms with van der Waals surface area (Å²) in [6.45, 7) is 7.42. The van der Waals surface area contributed by atoms with Gasteiger partial charge in [-0.3, -0.25) is 4.79 Å². The Bertz CT molecular complexity index is 183. The number of rotatable bonds is 6. The molecule has 0 radical (unpaired) electrons. The highest BCUT2D eigenvalue weighted by Gasteiger charge is 2.18. The van der Waals surface area contributed by atoms with E-state index in [1.54, 1.807) is 11.8 Å². The van der Waals surface area contributed by atoms with Crippen LogP contribution in [0.2, 0.25) is 0 Å². The summed E-state index contributed by atoms with van der Waals surface area (Å²) in [5, 5.41) is 2.94. The second-order valence-corrected chi connectivity index (χ2v) is 5.67. The first kappa shape index (κ1) is 13.8. The fourth-order valence-electron chi connectivity index (χ4n) is 0.927. The molecule has 0 fully saturated rings. The molecule has 3 N–H and O–H groups in total. The molecule has 0 saturated heterocycles. The lowest BCUT2D eigenvalue weighted by Crippen LogP contribution is -2.39. The third-order valence-electron chi connectivity index (χ3n) is 2.29. The monoisotopic (exact) mass is 218 g/mol. The largest absolute Gasteiger partial charge is 0.354 e. The lowest BCUT2D eigenvalue weighted by atomic mass is 10.1. The minimum absolute atomic E-state index is 0.0256. The SMILES string of the molecule is CSC(C)(C)CNC(=O)C(C)CCN. The van der Waals surface area contributed by atoms with Crippen molar-refractivity contribution in [2.75, 3.05) is 19.3 Å². The van der Waals surface area contributed by atoms with Crippen LogP contribution in [-0.4, -0.2) is 30.0 Å². The van der Waals surface area contributed by atoms with Gasteiger partial charge in [0.2, 0.25) is 5.91 Å². The number of hydrogen-bond acceptors (Lipinski definition) is 3. The van der Waals surface area contributed by atoms with Crippen molar-refractivity contribution in [1.29, 1.82) is 0 Å². The first-order valence-corrected chi connectivity index (χ1v) is 6.18. The van der Waals surface area contributed by atoms with Gasteiger partial charge in [-0.15, -0.1) is 0 Å². The Morgan fingerprint density at radius 2 is 2.14 bits per heavy atom. The van der Waals surface area contributed by atoms with Crippen LogP contribution in [-0.2, 0) is 4.79 Å². The Morgan fingerprint density at radius 1 is 1.57 bits per heavy atom. The molecule has 0 rings (SSSR count). The van der Waals surface area contributed by atoms with Crippen molar-refractivity contribution in [2.24, 2.45) is 11.7 Å². The van der Waals surface area contributed by atoms with E-state index in [9.17, 15) is 4.79 Å². The van der Waals surface area contributed by atoms with E-state index < -0.39 is 0 Å². The maximum atomic E-state index is 11.5. The van der Waals surface area contributed by atoms with Crippen molar-refractivity contribution in [3.63, 3.8) is 0 Å². The second-order valence-electron chi connectivity index (χ2n) is 4.16. The highest BCUT2D eigenvalue weighted by atomic mass is 32.2. The Kier molecular flexibility index (Phi) is 6.20. The van der Waals surface area contributed by atoms with Crippen molar-refractivity contribution < 1.29 is 4.79 Å². The van der Waals surface area contributed by atoms with Crippen LogP contribution in [0.4, 0.5) is 0 Å². The molecule has 0 aromatic rings. The van der Waals surface area contributed by atoms with Crippen LogP contribution in [0.3, 0.4) is 0 Å². The standard InChI is InChI=1S/C10H22N2OS/c1-8(5-6-11)9(13)12-7-10(2,3)14-4/h8H,5-7,11H2,1-4H3,(H,12,13). The number of nitrogens with two attached hydrogens (primary N) is 1. The van der Waals surface area contributed by atoms with E-state index in [0.29, 0.717) is 13.1 Å². The number of carbonyl (C=O) groups is 1. The molecular weight excluding hydrogens is 196 g/mol. The van der Waals surface area contributed by atoms with Gasteiger partial charge in [-0.1, -0.05) is 6.92 Å². The predicted octanol–water partition coefficient (Wildman–Crippen LogP) is 1.23. The van der Waals surface area contributed by atoms with Gasteiger partial charge in [-0.2, -0.15) is 11.8 Å². The van der Waals surface area contributed by atoms with Gasteiger partial charge in [0.15, 0.2) is 0 Å². The van der Waals surface area contributed by atoms with Gasteiger partial charge in [0.1, 0.15) is 0 Å². The lowest BCUT2D eigenvalue weighted by molar-refractivity contribution is -0.124. The molecule has 1 atom stereocenters. The molecule has 0 aliphatic carbocycles. The van der Waals surface area contributed by atoms with E-state index >= 15 is 0 Å². The molecule has 0 aromatic carbocycles. The van der Waals surface area contributed by atoms with Crippen LogP contribution in [0.15, 0.2) is 0 Å². The minimum atomic E-state index is 0.0256. The Labute approximate surface area is 91.2 Å². The van der Waals surface area contributed by atoms with Crippen LogP contribution < -0.4 is 11.1 Å². The molecule has 84 valence electrons. The van der Waals surface area contributed by atoms with Gasteiger partial charge in [0.25, 0.3) is 0 Å². The molecule has 0 saturated carbocycles. The number of hydrogen-bond donors (Lipinski definition) is 2. The van der Waals surface area contributed by atoms with Gasteiger partial charge >= 0.3 is 0 Å². The summed E-state index contributed by atoms with van der Waals surface area (Å²) in [5.74, 6) is 0.134. The van der Waals surface area contributed by atoms with Gasteiger partial charge in [-0.25, -0.2) is 0 Å². The van der Waals surface area contributed by atoms with Gasteiger partial charge < -0.3 is 11.1 Å². The summed E-state index contributed by atoms with van der Waals surface area (Å²) in [6, 6.07) is 0. The van der Waals surface area contributed by atoms with E-state index in [1.807, 2.05) is 6.92 Å². The highest BCUT2D eigenvalue weighted by molar-refractivity contribution is 7.99. The minimum Gasteiger partial charge on any atom is -0.354 e. The molecule has 0 heterocycles. The average Bonchev–Trinajstić information content (AvgIpc) is 2.15. The van der Waals surface area contributed by atoms with Crippen molar-refractivity contribution in [3.05, 3.63) is 0 Å². The predicted molar refractivity (Wildman–Crippen MR) is 63.4 cm³/mol. The summed E-state index contributed by atoms with van der Waals surface area (Å²) >= 11 is 1.75. The molecule has 4 heteroatoms. The van der Waals surface area contributed by atoms with E-state index in [2.05, 4.69) is 25.4 Å². The Morgan fingerprint density at radius 3 is 2.57 bits per heavy atom. The van der Waals surface area contributed by atoms with E-state index in [-0.39, 0.29) is 16.6 Å². The van der Waals surface area contributed by atoms with Crippen molar-refractivity contribution in [1.82, 2.24) is 5.32 Å². The number of carbonyl (C=O) groups excluding carboxylic acids is 1. The van der Waals surface area contributed by atoms with Crippen LogP contribution in [0, 0.1) is 5.92 Å². The third kappa shape index (κ3) is 5.50. The van der Waals surface area contributed by atoms with Gasteiger partial charge in [0.05, 0.1) is 0 Å². The second kappa shape index (κ2) is 6.30. The molecule has 0 bridgehead atoms. The van der Waals surface area contributed by atoms with Crippen molar-refractivity contribution in [3.8, 4) is 0 Å². The number of amides is 1. The van der Waals surface area contributed by atoms with E-state index in [1.165, 1.54) is 0 Å². The summed E-state index contributed by atoms with van der Waals surface area (Å²) in [5.41, 5.74) is 5.39. The quantitative estimate of drug-likeness (QED) is 0.705. The average molecular weight is 218 g/mol. The van der Waals surface area contributed by atoms with Crippen LogP contribution in [0.25, 0.3) is 0 Å². The molecule has 0 aliphatic rings. The fourth-order valence-corrected chi connectivity index (χ4v) is 1.14. The Hall–Kier alpha value is -0.220. The first-order chi connectivity index (χ1) is 6.43.